The van der Waals surface area contributed by atoms with Gasteiger partial charge in [0.1, 0.15) is 29.6 Å². The first kappa shape index (κ1) is 24.4. The zero-order chi connectivity index (χ0) is 24.9. The van der Waals surface area contributed by atoms with Crippen LogP contribution in [0.4, 0.5) is 11.6 Å². The highest BCUT2D eigenvalue weighted by molar-refractivity contribution is 6.32. The summed E-state index contributed by atoms with van der Waals surface area (Å²) in [5, 5.41) is 10.9. The molecule has 0 saturated heterocycles. The van der Waals surface area contributed by atoms with Gasteiger partial charge in [-0.05, 0) is 31.0 Å². The number of fused-ring (bicyclic) bond motifs is 1. The van der Waals surface area contributed by atoms with Crippen molar-refractivity contribution in [2.75, 3.05) is 31.5 Å². The van der Waals surface area contributed by atoms with E-state index in [4.69, 9.17) is 25.8 Å². The molecule has 10 heteroatoms. The minimum atomic E-state index is -0.501. The van der Waals surface area contributed by atoms with Crippen LogP contribution in [-0.2, 0) is 4.79 Å². The number of methoxy groups -OCH3 is 2. The molecule has 4 rings (SSSR count). The maximum Gasteiger partial charge on any atom is 0.255 e. The Morgan fingerprint density at radius 2 is 1.91 bits per heavy atom. The van der Waals surface area contributed by atoms with Crippen molar-refractivity contribution in [1.82, 2.24) is 14.8 Å². The van der Waals surface area contributed by atoms with Gasteiger partial charge >= 0.3 is 0 Å². The molecule has 2 N–H and O–H groups in total. The topological polar surface area (TPSA) is 99.5 Å². The molecule has 0 spiro atoms. The van der Waals surface area contributed by atoms with Gasteiger partial charge < -0.3 is 24.8 Å². The number of hydrogen-bond acceptors (Lipinski definition) is 7. The van der Waals surface area contributed by atoms with Crippen molar-refractivity contribution in [3.8, 4) is 17.2 Å². The molecule has 0 bridgehead atoms. The number of aromatic nitrogens is 3. The molecule has 35 heavy (non-hydrogen) atoms. The Labute approximate surface area is 209 Å². The summed E-state index contributed by atoms with van der Waals surface area (Å²) in [6.45, 7) is 4.62. The second kappa shape index (κ2) is 10.7. The molecule has 3 aromatic rings. The Morgan fingerprint density at radius 3 is 2.60 bits per heavy atom. The zero-order valence-electron chi connectivity index (χ0n) is 20.1. The van der Waals surface area contributed by atoms with Crippen LogP contribution in [0.5, 0.6) is 17.2 Å². The van der Waals surface area contributed by atoms with Crippen LogP contribution in [0.25, 0.3) is 0 Å². The summed E-state index contributed by atoms with van der Waals surface area (Å²) in [5.41, 5.74) is 2.45. The van der Waals surface area contributed by atoms with E-state index in [1.807, 2.05) is 31.2 Å². The van der Waals surface area contributed by atoms with Crippen LogP contribution in [0.1, 0.15) is 38.3 Å². The third-order valence-electron chi connectivity index (χ3n) is 5.72. The molecule has 1 aromatic heterocycles. The summed E-state index contributed by atoms with van der Waals surface area (Å²) < 4.78 is 18.2. The fraction of sp³-hybridized carbons (Fsp3) is 0.320. The van der Waals surface area contributed by atoms with Gasteiger partial charge in [0.2, 0.25) is 5.95 Å². The summed E-state index contributed by atoms with van der Waals surface area (Å²) >= 11 is 6.22. The van der Waals surface area contributed by atoms with E-state index < -0.39 is 6.04 Å². The molecule has 1 aliphatic rings. The number of halogens is 1. The van der Waals surface area contributed by atoms with Gasteiger partial charge in [-0.15, -0.1) is 0 Å². The quantitative estimate of drug-likeness (QED) is 0.399. The molecule has 0 aliphatic carbocycles. The summed E-state index contributed by atoms with van der Waals surface area (Å²) in [6, 6.07) is 10.4. The average Bonchev–Trinajstić information content (AvgIpc) is 3.32. The number of hydrogen-bond donors (Lipinski definition) is 2. The summed E-state index contributed by atoms with van der Waals surface area (Å²) in [5.74, 6) is 1.84. The molecule has 184 valence electrons. The van der Waals surface area contributed by atoms with Crippen LogP contribution in [-0.4, -0.2) is 41.5 Å². The lowest BCUT2D eigenvalue weighted by atomic mass is 9.95. The summed E-state index contributed by atoms with van der Waals surface area (Å²) in [6.07, 6.45) is 3.51. The van der Waals surface area contributed by atoms with Crippen molar-refractivity contribution < 1.29 is 19.0 Å². The monoisotopic (exact) mass is 497 g/mol. The number of amides is 1. The zero-order valence-corrected chi connectivity index (χ0v) is 20.8. The highest BCUT2D eigenvalue weighted by Gasteiger charge is 2.34. The van der Waals surface area contributed by atoms with Crippen LogP contribution in [0.3, 0.4) is 0 Å². The lowest BCUT2D eigenvalue weighted by molar-refractivity contribution is -0.113. The van der Waals surface area contributed by atoms with Crippen molar-refractivity contribution >= 4 is 29.1 Å². The maximum atomic E-state index is 13.7. The number of ether oxygens (including phenoxy) is 3. The number of nitrogens with zero attached hydrogens (tertiary/aromatic N) is 3. The van der Waals surface area contributed by atoms with Crippen LogP contribution in [0.15, 0.2) is 54.0 Å². The van der Waals surface area contributed by atoms with E-state index in [2.05, 4.69) is 27.6 Å². The lowest BCUT2D eigenvalue weighted by Crippen LogP contribution is -2.31. The molecule has 2 heterocycles. The molecular weight excluding hydrogens is 470 g/mol. The first-order valence-corrected chi connectivity index (χ1v) is 11.7. The van der Waals surface area contributed by atoms with Gasteiger partial charge in [0.05, 0.1) is 37.1 Å². The van der Waals surface area contributed by atoms with Crippen LogP contribution in [0.2, 0.25) is 5.02 Å². The van der Waals surface area contributed by atoms with Gasteiger partial charge in [-0.3, -0.25) is 4.79 Å². The normalized spacial score (nSPS) is 14.7. The van der Waals surface area contributed by atoms with Crippen LogP contribution in [0, 0.1) is 0 Å². The number of allylic oxidation sites excluding steroid dienone is 1. The number of carbonyl (C=O) groups is 1. The van der Waals surface area contributed by atoms with Crippen LogP contribution < -0.4 is 24.8 Å². The molecule has 9 nitrogen and oxygen atoms in total. The van der Waals surface area contributed by atoms with Gasteiger partial charge in [0.15, 0.2) is 0 Å². The molecule has 1 atom stereocenters. The Hall–Kier alpha value is -3.72. The first-order chi connectivity index (χ1) is 17.0. The standard InChI is InChI=1S/C25H28ClN5O4/c1-5-6-11-35-17-9-7-16(8-10-17)23-22(15(2)29-25-27-14-28-31(23)25)24(32)30-19-13-20(33-3)18(26)12-21(19)34-4/h7-10,12-14,23H,5-6,11H2,1-4H3,(H,30,32)(H,27,28,29)/t23-/m1/s1. The van der Waals surface area contributed by atoms with Gasteiger partial charge in [-0.2, -0.15) is 10.1 Å². The first-order valence-electron chi connectivity index (χ1n) is 11.3. The van der Waals surface area contributed by atoms with E-state index in [0.29, 0.717) is 46.0 Å². The van der Waals surface area contributed by atoms with Gasteiger partial charge in [0, 0.05) is 17.8 Å². The molecule has 0 fully saturated rings. The number of nitrogens with one attached hydrogen (secondary N) is 2. The smallest absolute Gasteiger partial charge is 0.255 e. The van der Waals surface area contributed by atoms with E-state index in [-0.39, 0.29) is 5.91 Å². The average molecular weight is 498 g/mol. The summed E-state index contributed by atoms with van der Waals surface area (Å²) in [4.78, 5) is 17.9. The second-order valence-electron chi connectivity index (χ2n) is 8.01. The number of unbranched alkanes of at least 4 members (excludes halogenated alkanes) is 1. The predicted octanol–water partition coefficient (Wildman–Crippen LogP) is 5.06. The predicted molar refractivity (Wildman–Crippen MR) is 135 cm³/mol. The molecule has 2 aromatic carbocycles. The van der Waals surface area contributed by atoms with Crippen molar-refractivity contribution in [2.24, 2.45) is 0 Å². The minimum absolute atomic E-state index is 0.327. The summed E-state index contributed by atoms with van der Waals surface area (Å²) in [7, 11) is 3.02. The molecule has 1 aliphatic heterocycles. The molecule has 1 amide bonds. The Morgan fingerprint density at radius 1 is 1.17 bits per heavy atom. The van der Waals surface area contributed by atoms with Gasteiger partial charge in [-0.1, -0.05) is 37.1 Å². The Kier molecular flexibility index (Phi) is 7.45. The maximum absolute atomic E-state index is 13.7. The van der Waals surface area contributed by atoms with Crippen molar-refractivity contribution in [1.29, 1.82) is 0 Å². The number of benzene rings is 2. The minimum Gasteiger partial charge on any atom is -0.495 e. The Bertz CT molecular complexity index is 1240. The van der Waals surface area contributed by atoms with Gasteiger partial charge in [-0.25, -0.2) is 4.68 Å². The second-order valence-corrected chi connectivity index (χ2v) is 8.41. The van der Waals surface area contributed by atoms with Crippen LogP contribution >= 0.6 is 11.6 Å². The lowest BCUT2D eigenvalue weighted by Gasteiger charge is -2.29. The third kappa shape index (κ3) is 5.05. The third-order valence-corrected chi connectivity index (χ3v) is 6.02. The van der Waals surface area contributed by atoms with E-state index in [1.54, 1.807) is 16.8 Å². The number of anilines is 2. The number of rotatable bonds is 9. The van der Waals surface area contributed by atoms with Crippen molar-refractivity contribution in [3.05, 3.63) is 64.6 Å². The molecular formula is C25H28ClN5O4. The van der Waals surface area contributed by atoms with Crippen molar-refractivity contribution in [3.63, 3.8) is 0 Å². The van der Waals surface area contributed by atoms with E-state index in [0.717, 1.165) is 24.2 Å². The largest absolute Gasteiger partial charge is 0.495 e. The molecule has 0 saturated carbocycles. The Balaban J connectivity index is 1.68. The van der Waals surface area contributed by atoms with Gasteiger partial charge in [0.25, 0.3) is 5.91 Å². The highest BCUT2D eigenvalue weighted by Crippen LogP contribution is 2.39. The molecule has 0 radical (unpaired) electrons. The van der Waals surface area contributed by atoms with E-state index in [9.17, 15) is 4.79 Å². The molecule has 0 unspecified atom stereocenters. The van der Waals surface area contributed by atoms with E-state index in [1.165, 1.54) is 20.5 Å². The fourth-order valence-electron chi connectivity index (χ4n) is 3.92. The SMILES string of the molecule is CCCCOc1ccc([C@@H]2C(C(=O)Nc3cc(OC)c(Cl)cc3OC)=C(C)Nc3ncnn32)cc1. The van der Waals surface area contributed by atoms with E-state index >= 15 is 0 Å². The number of carbonyl (C=O) groups excluding carboxylic acids is 1. The van der Waals surface area contributed by atoms with Crippen molar-refractivity contribution in [2.45, 2.75) is 32.7 Å². The fourth-order valence-corrected chi connectivity index (χ4v) is 4.15. The highest BCUT2D eigenvalue weighted by atomic mass is 35.5.